The standard InChI is InChI=1S/C17H15N5O/c18-9-11-1-3-12(4-2-11)15-10-19-17-6-5-16(21-22(15)17)20-13-7-14(23)8-13/h1-6,10,13-14,23H,7-8H2,(H,20,21). The molecular formula is C17H15N5O. The normalized spacial score (nSPS) is 20.0. The molecule has 1 fully saturated rings. The van der Waals surface area contributed by atoms with Crippen LogP contribution in [0.5, 0.6) is 0 Å². The van der Waals surface area contributed by atoms with Gasteiger partial charge in [0.2, 0.25) is 0 Å². The van der Waals surface area contributed by atoms with Crippen LogP contribution in [0.3, 0.4) is 0 Å². The van der Waals surface area contributed by atoms with Crippen molar-refractivity contribution in [3.8, 4) is 17.3 Å². The van der Waals surface area contributed by atoms with Gasteiger partial charge >= 0.3 is 0 Å². The van der Waals surface area contributed by atoms with Crippen molar-refractivity contribution in [2.75, 3.05) is 5.32 Å². The lowest BCUT2D eigenvalue weighted by atomic mass is 9.89. The van der Waals surface area contributed by atoms with Crippen LogP contribution in [0.4, 0.5) is 5.82 Å². The molecule has 4 rings (SSSR count). The lowest BCUT2D eigenvalue weighted by Crippen LogP contribution is -2.39. The quantitative estimate of drug-likeness (QED) is 0.774. The summed E-state index contributed by atoms with van der Waals surface area (Å²) in [6.45, 7) is 0. The van der Waals surface area contributed by atoms with Gasteiger partial charge in [0.25, 0.3) is 0 Å². The second-order valence-corrected chi connectivity index (χ2v) is 5.79. The van der Waals surface area contributed by atoms with Crippen LogP contribution in [0.1, 0.15) is 18.4 Å². The molecule has 6 heteroatoms. The first-order valence-corrected chi connectivity index (χ1v) is 7.53. The van der Waals surface area contributed by atoms with Crippen LogP contribution in [-0.4, -0.2) is 31.9 Å². The van der Waals surface area contributed by atoms with Crippen LogP contribution in [0.25, 0.3) is 16.9 Å². The molecule has 1 saturated carbocycles. The Morgan fingerprint density at radius 2 is 1.96 bits per heavy atom. The third-order valence-electron chi connectivity index (χ3n) is 4.14. The number of benzene rings is 1. The van der Waals surface area contributed by atoms with Crippen molar-refractivity contribution < 1.29 is 5.11 Å². The summed E-state index contributed by atoms with van der Waals surface area (Å²) in [4.78, 5) is 4.37. The molecule has 0 bridgehead atoms. The molecule has 0 aliphatic heterocycles. The van der Waals surface area contributed by atoms with E-state index in [1.807, 2.05) is 24.3 Å². The molecule has 23 heavy (non-hydrogen) atoms. The monoisotopic (exact) mass is 305 g/mol. The van der Waals surface area contributed by atoms with Crippen molar-refractivity contribution in [2.24, 2.45) is 0 Å². The number of nitriles is 1. The number of hydrogen-bond acceptors (Lipinski definition) is 5. The number of aliphatic hydroxyl groups is 1. The van der Waals surface area contributed by atoms with Crippen LogP contribution < -0.4 is 5.32 Å². The Hall–Kier alpha value is -2.91. The summed E-state index contributed by atoms with van der Waals surface area (Å²) in [7, 11) is 0. The number of nitrogens with one attached hydrogen (secondary N) is 1. The molecule has 114 valence electrons. The van der Waals surface area contributed by atoms with Gasteiger partial charge < -0.3 is 10.4 Å². The first-order valence-electron chi connectivity index (χ1n) is 7.53. The Kier molecular flexibility index (Phi) is 3.21. The zero-order valence-electron chi connectivity index (χ0n) is 12.3. The van der Waals surface area contributed by atoms with Crippen LogP contribution in [0.15, 0.2) is 42.6 Å². The van der Waals surface area contributed by atoms with E-state index >= 15 is 0 Å². The van der Waals surface area contributed by atoms with Crippen LogP contribution >= 0.6 is 0 Å². The topological polar surface area (TPSA) is 86.2 Å². The highest BCUT2D eigenvalue weighted by atomic mass is 16.3. The fourth-order valence-corrected chi connectivity index (χ4v) is 2.78. The Balaban J connectivity index is 1.68. The van der Waals surface area contributed by atoms with Gasteiger partial charge in [-0.05, 0) is 37.1 Å². The van der Waals surface area contributed by atoms with Gasteiger partial charge in [0, 0.05) is 11.6 Å². The second kappa shape index (κ2) is 5.38. The molecule has 0 atom stereocenters. The molecule has 3 aromatic rings. The maximum Gasteiger partial charge on any atom is 0.154 e. The number of hydrogen-bond donors (Lipinski definition) is 2. The molecule has 0 amide bonds. The lowest BCUT2D eigenvalue weighted by molar-refractivity contribution is 0.0835. The van der Waals surface area contributed by atoms with Gasteiger partial charge in [0.05, 0.1) is 29.6 Å². The number of anilines is 1. The van der Waals surface area contributed by atoms with E-state index in [0.717, 1.165) is 35.6 Å². The maximum atomic E-state index is 9.37. The summed E-state index contributed by atoms with van der Waals surface area (Å²) in [5, 5.41) is 26.2. The fraction of sp³-hybridized carbons (Fsp3) is 0.235. The van der Waals surface area contributed by atoms with E-state index in [-0.39, 0.29) is 12.1 Å². The molecular weight excluding hydrogens is 290 g/mol. The average molecular weight is 305 g/mol. The Labute approximate surface area is 133 Å². The molecule has 6 nitrogen and oxygen atoms in total. The molecule has 0 radical (unpaired) electrons. The third kappa shape index (κ3) is 2.51. The number of aliphatic hydroxyl groups excluding tert-OH is 1. The van der Waals surface area contributed by atoms with Gasteiger partial charge in [-0.2, -0.15) is 5.26 Å². The number of fused-ring (bicyclic) bond motifs is 1. The maximum absolute atomic E-state index is 9.37. The fourth-order valence-electron chi connectivity index (χ4n) is 2.78. The lowest BCUT2D eigenvalue weighted by Gasteiger charge is -2.32. The van der Waals surface area contributed by atoms with Crippen molar-refractivity contribution in [1.29, 1.82) is 5.26 Å². The first-order chi connectivity index (χ1) is 11.2. The van der Waals surface area contributed by atoms with E-state index in [4.69, 9.17) is 5.26 Å². The van der Waals surface area contributed by atoms with Gasteiger partial charge in [0.15, 0.2) is 5.65 Å². The van der Waals surface area contributed by atoms with E-state index < -0.39 is 0 Å². The second-order valence-electron chi connectivity index (χ2n) is 5.79. The molecule has 1 aromatic carbocycles. The summed E-state index contributed by atoms with van der Waals surface area (Å²) in [6, 6.07) is 13.6. The Bertz CT molecular complexity index is 887. The average Bonchev–Trinajstić information content (AvgIpc) is 2.97. The highest BCUT2D eigenvalue weighted by molar-refractivity contribution is 5.64. The van der Waals surface area contributed by atoms with Gasteiger partial charge in [-0.1, -0.05) is 12.1 Å². The van der Waals surface area contributed by atoms with E-state index in [1.165, 1.54) is 0 Å². The molecule has 0 spiro atoms. The minimum absolute atomic E-state index is 0.196. The van der Waals surface area contributed by atoms with Gasteiger partial charge in [-0.15, -0.1) is 5.10 Å². The Morgan fingerprint density at radius 1 is 1.17 bits per heavy atom. The highest BCUT2D eigenvalue weighted by Crippen LogP contribution is 2.25. The predicted octanol–water partition coefficient (Wildman–Crippen LogP) is 2.20. The number of rotatable bonds is 3. The zero-order chi connectivity index (χ0) is 15.8. The van der Waals surface area contributed by atoms with Gasteiger partial charge in [0.1, 0.15) is 5.82 Å². The third-order valence-corrected chi connectivity index (χ3v) is 4.14. The zero-order valence-corrected chi connectivity index (χ0v) is 12.3. The Morgan fingerprint density at radius 3 is 2.65 bits per heavy atom. The van der Waals surface area contributed by atoms with E-state index in [9.17, 15) is 5.11 Å². The van der Waals surface area contributed by atoms with E-state index in [2.05, 4.69) is 21.5 Å². The SMILES string of the molecule is N#Cc1ccc(-c2cnc3ccc(NC4CC(O)C4)nn23)cc1. The molecule has 0 saturated heterocycles. The van der Waals surface area contributed by atoms with Crippen molar-refractivity contribution in [3.63, 3.8) is 0 Å². The number of aromatic nitrogens is 3. The van der Waals surface area contributed by atoms with Crippen LogP contribution in [0.2, 0.25) is 0 Å². The van der Waals surface area contributed by atoms with Crippen molar-refractivity contribution in [1.82, 2.24) is 14.6 Å². The van der Waals surface area contributed by atoms with Crippen molar-refractivity contribution >= 4 is 11.5 Å². The number of imidazole rings is 1. The molecule has 2 heterocycles. The smallest absolute Gasteiger partial charge is 0.154 e. The minimum Gasteiger partial charge on any atom is -0.393 e. The van der Waals surface area contributed by atoms with Crippen molar-refractivity contribution in [3.05, 3.63) is 48.2 Å². The molecule has 1 aliphatic rings. The first kappa shape index (κ1) is 13.7. The van der Waals surface area contributed by atoms with Crippen LogP contribution in [-0.2, 0) is 0 Å². The minimum atomic E-state index is -0.196. The van der Waals surface area contributed by atoms with Gasteiger partial charge in [-0.3, -0.25) is 0 Å². The predicted molar refractivity (Wildman–Crippen MR) is 85.8 cm³/mol. The molecule has 2 N–H and O–H groups in total. The van der Waals surface area contributed by atoms with E-state index in [0.29, 0.717) is 5.56 Å². The van der Waals surface area contributed by atoms with Crippen LogP contribution in [0, 0.1) is 11.3 Å². The molecule has 0 unspecified atom stereocenters. The highest BCUT2D eigenvalue weighted by Gasteiger charge is 2.27. The molecule has 2 aromatic heterocycles. The molecule has 1 aliphatic carbocycles. The van der Waals surface area contributed by atoms with Crippen molar-refractivity contribution in [2.45, 2.75) is 25.0 Å². The number of nitrogens with zero attached hydrogens (tertiary/aromatic N) is 4. The largest absolute Gasteiger partial charge is 0.393 e. The summed E-state index contributed by atoms with van der Waals surface area (Å²) < 4.78 is 1.79. The summed E-state index contributed by atoms with van der Waals surface area (Å²) in [5.74, 6) is 0.766. The van der Waals surface area contributed by atoms with E-state index in [1.54, 1.807) is 22.8 Å². The summed E-state index contributed by atoms with van der Waals surface area (Å²) in [6.07, 6.45) is 3.09. The summed E-state index contributed by atoms with van der Waals surface area (Å²) >= 11 is 0. The van der Waals surface area contributed by atoms with Gasteiger partial charge in [-0.25, -0.2) is 9.50 Å². The summed E-state index contributed by atoms with van der Waals surface area (Å²) in [5.41, 5.74) is 3.23.